The van der Waals surface area contributed by atoms with E-state index in [0.29, 0.717) is 16.6 Å². The summed E-state index contributed by atoms with van der Waals surface area (Å²) in [6.45, 7) is 0.434. The normalized spacial score (nSPS) is 17.5. The van der Waals surface area contributed by atoms with E-state index in [-0.39, 0.29) is 10.6 Å². The minimum Gasteiger partial charge on any atom is -0.388 e. The highest BCUT2D eigenvalue weighted by atomic mass is 79.9. The molecular formula is C15H15BrN2O3. The molecule has 0 aliphatic heterocycles. The van der Waals surface area contributed by atoms with Crippen LogP contribution < -0.4 is 0 Å². The highest BCUT2D eigenvalue weighted by Crippen LogP contribution is 2.31. The zero-order valence-corrected chi connectivity index (χ0v) is 12.9. The Hall–Kier alpha value is -1.66. The molecule has 1 aromatic heterocycles. The van der Waals surface area contributed by atoms with E-state index in [2.05, 4.69) is 15.9 Å². The van der Waals surface area contributed by atoms with Gasteiger partial charge in [-0.15, -0.1) is 0 Å². The van der Waals surface area contributed by atoms with Gasteiger partial charge in [-0.2, -0.15) is 0 Å². The second-order valence-electron chi connectivity index (χ2n) is 5.35. The molecule has 0 saturated carbocycles. The van der Waals surface area contributed by atoms with Gasteiger partial charge in [0, 0.05) is 34.1 Å². The molecule has 2 aromatic rings. The summed E-state index contributed by atoms with van der Waals surface area (Å²) in [7, 11) is 0. The van der Waals surface area contributed by atoms with E-state index in [1.54, 1.807) is 12.1 Å². The molecule has 21 heavy (non-hydrogen) atoms. The van der Waals surface area contributed by atoms with Crippen molar-refractivity contribution in [1.82, 2.24) is 4.57 Å². The van der Waals surface area contributed by atoms with Gasteiger partial charge in [-0.05, 0) is 37.0 Å². The molecule has 0 bridgehead atoms. The predicted molar refractivity (Wildman–Crippen MR) is 82.2 cm³/mol. The molecule has 0 fully saturated rings. The first kappa shape index (κ1) is 14.3. The maximum absolute atomic E-state index is 11.1. The molecule has 1 atom stereocenters. The first-order chi connectivity index (χ1) is 10.0. The number of benzene rings is 1. The lowest BCUT2D eigenvalue weighted by Crippen LogP contribution is -2.05. The lowest BCUT2D eigenvalue weighted by molar-refractivity contribution is -0.385. The average molecular weight is 351 g/mol. The zero-order chi connectivity index (χ0) is 15.0. The summed E-state index contributed by atoms with van der Waals surface area (Å²) in [5.74, 6) is 0. The molecule has 1 unspecified atom stereocenters. The fourth-order valence-electron chi connectivity index (χ4n) is 2.85. The Labute approximate surface area is 130 Å². The minimum atomic E-state index is -0.407. The van der Waals surface area contributed by atoms with Crippen LogP contribution in [0.1, 0.15) is 35.6 Å². The van der Waals surface area contributed by atoms with Crippen LogP contribution in [0.4, 0.5) is 5.69 Å². The fourth-order valence-corrected chi connectivity index (χ4v) is 3.20. The van der Waals surface area contributed by atoms with Crippen LogP contribution in [0.15, 0.2) is 35.1 Å². The van der Waals surface area contributed by atoms with Crippen LogP contribution in [0.5, 0.6) is 0 Å². The SMILES string of the molecule is O=[N+]([O-])c1cc(Br)ccc1Cn1cc2c(c1)C(O)CCC2. The van der Waals surface area contributed by atoms with Crippen molar-refractivity contribution in [3.05, 3.63) is 61.9 Å². The smallest absolute Gasteiger partial charge is 0.275 e. The number of halogens is 1. The van der Waals surface area contributed by atoms with E-state index >= 15 is 0 Å². The monoisotopic (exact) mass is 350 g/mol. The van der Waals surface area contributed by atoms with Crippen molar-refractivity contribution >= 4 is 21.6 Å². The molecule has 0 saturated heterocycles. The van der Waals surface area contributed by atoms with Gasteiger partial charge in [0.2, 0.25) is 0 Å². The summed E-state index contributed by atoms with van der Waals surface area (Å²) < 4.78 is 2.62. The van der Waals surface area contributed by atoms with Crippen LogP contribution in [0.3, 0.4) is 0 Å². The molecule has 1 aromatic carbocycles. The van der Waals surface area contributed by atoms with Crippen LogP contribution in [0.2, 0.25) is 0 Å². The number of aliphatic hydroxyl groups excluding tert-OH is 1. The average Bonchev–Trinajstić information content (AvgIpc) is 2.85. The second-order valence-corrected chi connectivity index (χ2v) is 6.26. The van der Waals surface area contributed by atoms with E-state index in [9.17, 15) is 15.2 Å². The number of hydrogen-bond acceptors (Lipinski definition) is 3. The highest BCUT2D eigenvalue weighted by Gasteiger charge is 2.21. The van der Waals surface area contributed by atoms with Crippen molar-refractivity contribution in [3.63, 3.8) is 0 Å². The van der Waals surface area contributed by atoms with Gasteiger partial charge in [0.25, 0.3) is 5.69 Å². The number of nitro groups is 1. The number of aromatic nitrogens is 1. The molecular weight excluding hydrogens is 336 g/mol. The molecule has 0 spiro atoms. The zero-order valence-electron chi connectivity index (χ0n) is 11.3. The molecule has 1 aliphatic rings. The number of fused-ring (bicyclic) bond motifs is 1. The maximum atomic E-state index is 11.1. The Morgan fingerprint density at radius 3 is 2.95 bits per heavy atom. The lowest BCUT2D eigenvalue weighted by atomic mass is 9.93. The van der Waals surface area contributed by atoms with E-state index in [0.717, 1.165) is 30.4 Å². The molecule has 6 heteroatoms. The quantitative estimate of drug-likeness (QED) is 0.679. The summed E-state index contributed by atoms with van der Waals surface area (Å²) in [5, 5.41) is 21.1. The second kappa shape index (κ2) is 5.61. The van der Waals surface area contributed by atoms with E-state index in [1.165, 1.54) is 6.07 Å². The van der Waals surface area contributed by atoms with Gasteiger partial charge in [0.15, 0.2) is 0 Å². The van der Waals surface area contributed by atoms with Crippen LogP contribution in [0.25, 0.3) is 0 Å². The molecule has 3 rings (SSSR count). The topological polar surface area (TPSA) is 68.3 Å². The van der Waals surface area contributed by atoms with E-state index in [1.807, 2.05) is 17.0 Å². The van der Waals surface area contributed by atoms with E-state index in [4.69, 9.17) is 0 Å². The molecule has 0 radical (unpaired) electrons. The van der Waals surface area contributed by atoms with Gasteiger partial charge in [-0.25, -0.2) is 0 Å². The Morgan fingerprint density at radius 1 is 1.43 bits per heavy atom. The van der Waals surface area contributed by atoms with Gasteiger partial charge in [-0.1, -0.05) is 15.9 Å². The number of hydrogen-bond donors (Lipinski definition) is 1. The lowest BCUT2D eigenvalue weighted by Gasteiger charge is -2.16. The number of nitro benzene ring substituents is 1. The molecule has 0 amide bonds. The Morgan fingerprint density at radius 2 is 2.24 bits per heavy atom. The third-order valence-electron chi connectivity index (χ3n) is 3.88. The van der Waals surface area contributed by atoms with E-state index < -0.39 is 6.10 Å². The number of rotatable bonds is 3. The van der Waals surface area contributed by atoms with Gasteiger partial charge in [0.1, 0.15) is 0 Å². The Balaban J connectivity index is 1.92. The summed E-state index contributed by atoms with van der Waals surface area (Å²) in [6.07, 6.45) is 6.22. The van der Waals surface area contributed by atoms with Crippen LogP contribution >= 0.6 is 15.9 Å². The van der Waals surface area contributed by atoms with Crippen LogP contribution in [0, 0.1) is 10.1 Å². The number of nitrogens with zero attached hydrogens (tertiary/aromatic N) is 2. The maximum Gasteiger partial charge on any atom is 0.275 e. The summed E-state index contributed by atoms with van der Waals surface area (Å²) in [5.41, 5.74) is 2.87. The van der Waals surface area contributed by atoms with Crippen molar-refractivity contribution in [3.8, 4) is 0 Å². The van der Waals surface area contributed by atoms with Crippen LogP contribution in [-0.2, 0) is 13.0 Å². The highest BCUT2D eigenvalue weighted by molar-refractivity contribution is 9.10. The number of aryl methyl sites for hydroxylation is 1. The van der Waals surface area contributed by atoms with Crippen molar-refractivity contribution in [2.24, 2.45) is 0 Å². The van der Waals surface area contributed by atoms with Crippen molar-refractivity contribution in [2.75, 3.05) is 0 Å². The van der Waals surface area contributed by atoms with Crippen molar-refractivity contribution in [2.45, 2.75) is 31.9 Å². The Kier molecular flexibility index (Phi) is 3.82. The third-order valence-corrected chi connectivity index (χ3v) is 4.37. The molecule has 1 N–H and O–H groups in total. The van der Waals surface area contributed by atoms with Crippen molar-refractivity contribution in [1.29, 1.82) is 0 Å². The first-order valence-electron chi connectivity index (χ1n) is 6.84. The summed E-state index contributed by atoms with van der Waals surface area (Å²) in [6, 6.07) is 5.09. The largest absolute Gasteiger partial charge is 0.388 e. The number of aliphatic hydroxyl groups is 1. The molecule has 1 aliphatic carbocycles. The Bertz CT molecular complexity index is 696. The van der Waals surface area contributed by atoms with Crippen LogP contribution in [-0.4, -0.2) is 14.6 Å². The minimum absolute atomic E-state index is 0.108. The van der Waals surface area contributed by atoms with Gasteiger partial charge in [0.05, 0.1) is 17.6 Å². The van der Waals surface area contributed by atoms with Gasteiger partial charge >= 0.3 is 0 Å². The third kappa shape index (κ3) is 2.87. The van der Waals surface area contributed by atoms with Crippen molar-refractivity contribution < 1.29 is 10.0 Å². The molecule has 1 heterocycles. The first-order valence-corrected chi connectivity index (χ1v) is 7.63. The fraction of sp³-hybridized carbons (Fsp3) is 0.333. The molecule has 110 valence electrons. The summed E-state index contributed by atoms with van der Waals surface area (Å²) in [4.78, 5) is 10.8. The predicted octanol–water partition coefficient (Wildman–Crippen LogP) is 3.58. The van der Waals surface area contributed by atoms with Gasteiger partial charge in [-0.3, -0.25) is 10.1 Å². The summed E-state index contributed by atoms with van der Waals surface area (Å²) >= 11 is 3.26. The van der Waals surface area contributed by atoms with Gasteiger partial charge < -0.3 is 9.67 Å². The molecule has 5 nitrogen and oxygen atoms in total. The standard InChI is InChI=1S/C15H15BrN2O3/c16-12-5-4-11(14(6-12)18(20)21)8-17-7-10-2-1-3-15(19)13(10)9-17/h4-7,9,15,19H,1-3,8H2.